The van der Waals surface area contributed by atoms with E-state index >= 15 is 0 Å². The van der Waals surface area contributed by atoms with E-state index in [-0.39, 0.29) is 0 Å². The van der Waals surface area contributed by atoms with E-state index in [0.29, 0.717) is 12.4 Å². The molecule has 1 aromatic heterocycles. The van der Waals surface area contributed by atoms with Crippen molar-refractivity contribution in [1.29, 1.82) is 0 Å². The van der Waals surface area contributed by atoms with Crippen LogP contribution in [0.3, 0.4) is 0 Å². The van der Waals surface area contributed by atoms with Gasteiger partial charge in [0.25, 0.3) is 0 Å². The number of aryl methyl sites for hydroxylation is 1. The van der Waals surface area contributed by atoms with Gasteiger partial charge in [0.2, 0.25) is 0 Å². The van der Waals surface area contributed by atoms with Crippen LogP contribution in [0.1, 0.15) is 11.1 Å². The highest BCUT2D eigenvalue weighted by Crippen LogP contribution is 2.27. The first-order chi connectivity index (χ1) is 10.2. The van der Waals surface area contributed by atoms with Gasteiger partial charge in [-0.1, -0.05) is 42.5 Å². The standard InChI is InChI=1S/C17H17N3O/c1-12-7-8-14(15-10-17(18)20-19-15)9-16(12)21-11-13-5-3-2-4-6-13/h2-10H,11H2,1H3,(H3,18,19,20). The lowest BCUT2D eigenvalue weighted by atomic mass is 10.1. The van der Waals surface area contributed by atoms with Crippen LogP contribution in [0.25, 0.3) is 11.3 Å². The van der Waals surface area contributed by atoms with Crippen LogP contribution in [0.4, 0.5) is 5.82 Å². The molecule has 3 rings (SSSR count). The molecule has 0 aliphatic rings. The zero-order valence-electron chi connectivity index (χ0n) is 11.8. The molecule has 0 unspecified atom stereocenters. The minimum atomic E-state index is 0.484. The monoisotopic (exact) mass is 279 g/mol. The number of rotatable bonds is 4. The smallest absolute Gasteiger partial charge is 0.145 e. The summed E-state index contributed by atoms with van der Waals surface area (Å²) < 4.78 is 5.93. The lowest BCUT2D eigenvalue weighted by Gasteiger charge is -2.10. The zero-order chi connectivity index (χ0) is 14.7. The number of nitrogen functional groups attached to an aromatic ring is 1. The van der Waals surface area contributed by atoms with Crippen LogP contribution >= 0.6 is 0 Å². The average molecular weight is 279 g/mol. The van der Waals surface area contributed by atoms with Crippen LogP contribution in [0, 0.1) is 6.92 Å². The first-order valence-electron chi connectivity index (χ1n) is 6.81. The summed E-state index contributed by atoms with van der Waals surface area (Å²) >= 11 is 0. The third-order valence-electron chi connectivity index (χ3n) is 3.33. The summed E-state index contributed by atoms with van der Waals surface area (Å²) in [5.74, 6) is 1.35. The number of ether oxygens (including phenoxy) is 1. The Labute approximate surface area is 123 Å². The number of anilines is 1. The molecule has 0 saturated carbocycles. The van der Waals surface area contributed by atoms with Gasteiger partial charge in [-0.15, -0.1) is 0 Å². The van der Waals surface area contributed by atoms with Crippen molar-refractivity contribution in [2.45, 2.75) is 13.5 Å². The van der Waals surface area contributed by atoms with Crippen molar-refractivity contribution in [3.63, 3.8) is 0 Å². The van der Waals surface area contributed by atoms with Crippen molar-refractivity contribution in [2.75, 3.05) is 5.73 Å². The number of aromatic nitrogens is 2. The van der Waals surface area contributed by atoms with E-state index in [0.717, 1.165) is 28.1 Å². The fraction of sp³-hybridized carbons (Fsp3) is 0.118. The van der Waals surface area contributed by atoms with Crippen molar-refractivity contribution in [3.05, 3.63) is 65.7 Å². The van der Waals surface area contributed by atoms with E-state index in [9.17, 15) is 0 Å². The molecule has 0 aliphatic carbocycles. The Kier molecular flexibility index (Phi) is 3.60. The lowest BCUT2D eigenvalue weighted by Crippen LogP contribution is -1.97. The normalized spacial score (nSPS) is 10.5. The van der Waals surface area contributed by atoms with Gasteiger partial charge in [-0.25, -0.2) is 0 Å². The summed E-state index contributed by atoms with van der Waals surface area (Å²) in [5.41, 5.74) is 9.78. The fourth-order valence-electron chi connectivity index (χ4n) is 2.14. The molecular weight excluding hydrogens is 262 g/mol. The molecule has 0 bridgehead atoms. The largest absolute Gasteiger partial charge is 0.489 e. The molecule has 1 heterocycles. The van der Waals surface area contributed by atoms with Crippen LogP contribution in [0.15, 0.2) is 54.6 Å². The molecule has 0 saturated heterocycles. The van der Waals surface area contributed by atoms with Crippen LogP contribution < -0.4 is 10.5 Å². The summed E-state index contributed by atoms with van der Waals surface area (Å²) in [6.45, 7) is 2.58. The third-order valence-corrected chi connectivity index (χ3v) is 3.33. The molecule has 2 aromatic carbocycles. The Bertz CT molecular complexity index is 735. The molecule has 0 atom stereocenters. The Morgan fingerprint density at radius 3 is 2.62 bits per heavy atom. The second-order valence-electron chi connectivity index (χ2n) is 4.96. The number of nitrogens with two attached hydrogens (primary N) is 1. The number of nitrogens with zero attached hydrogens (tertiary/aromatic N) is 1. The van der Waals surface area contributed by atoms with Crippen LogP contribution in [-0.4, -0.2) is 10.2 Å². The molecule has 106 valence electrons. The molecule has 3 aromatic rings. The van der Waals surface area contributed by atoms with Gasteiger partial charge >= 0.3 is 0 Å². The SMILES string of the molecule is Cc1ccc(-c2cc(N)n[nH]2)cc1OCc1ccccc1. The van der Waals surface area contributed by atoms with Gasteiger partial charge in [0.1, 0.15) is 18.2 Å². The van der Waals surface area contributed by atoms with E-state index in [1.807, 2.05) is 49.4 Å². The van der Waals surface area contributed by atoms with Crippen molar-refractivity contribution >= 4 is 5.82 Å². The maximum absolute atomic E-state index is 5.93. The number of hydrogen-bond acceptors (Lipinski definition) is 3. The quantitative estimate of drug-likeness (QED) is 0.767. The van der Waals surface area contributed by atoms with E-state index in [1.165, 1.54) is 0 Å². The van der Waals surface area contributed by atoms with Crippen LogP contribution in [0.2, 0.25) is 0 Å². The Balaban J connectivity index is 1.81. The molecule has 0 radical (unpaired) electrons. The predicted molar refractivity (Wildman–Crippen MR) is 83.9 cm³/mol. The minimum Gasteiger partial charge on any atom is -0.489 e. The van der Waals surface area contributed by atoms with Crippen molar-refractivity contribution in [3.8, 4) is 17.0 Å². The average Bonchev–Trinajstić information content (AvgIpc) is 2.94. The van der Waals surface area contributed by atoms with Gasteiger partial charge in [-0.3, -0.25) is 5.10 Å². The number of benzene rings is 2. The van der Waals surface area contributed by atoms with Gasteiger partial charge in [-0.05, 0) is 24.1 Å². The number of aromatic amines is 1. The van der Waals surface area contributed by atoms with E-state index in [4.69, 9.17) is 10.5 Å². The van der Waals surface area contributed by atoms with Gasteiger partial charge in [0, 0.05) is 11.6 Å². The number of nitrogens with one attached hydrogen (secondary N) is 1. The second-order valence-corrected chi connectivity index (χ2v) is 4.96. The topological polar surface area (TPSA) is 63.9 Å². The number of hydrogen-bond donors (Lipinski definition) is 2. The molecule has 3 N–H and O–H groups in total. The highest BCUT2D eigenvalue weighted by atomic mass is 16.5. The minimum absolute atomic E-state index is 0.484. The summed E-state index contributed by atoms with van der Waals surface area (Å²) in [4.78, 5) is 0. The third kappa shape index (κ3) is 3.05. The summed E-state index contributed by atoms with van der Waals surface area (Å²) in [5, 5.41) is 6.86. The van der Waals surface area contributed by atoms with Gasteiger partial charge in [0.05, 0.1) is 5.69 Å². The van der Waals surface area contributed by atoms with E-state index in [1.54, 1.807) is 0 Å². The first kappa shape index (κ1) is 13.2. The maximum Gasteiger partial charge on any atom is 0.145 e. The molecule has 21 heavy (non-hydrogen) atoms. The number of H-pyrrole nitrogens is 1. The Morgan fingerprint density at radius 2 is 1.90 bits per heavy atom. The summed E-state index contributed by atoms with van der Waals surface area (Å²) in [7, 11) is 0. The Morgan fingerprint density at radius 1 is 1.10 bits per heavy atom. The molecule has 0 spiro atoms. The van der Waals surface area contributed by atoms with Crippen molar-refractivity contribution in [1.82, 2.24) is 10.2 Å². The Hall–Kier alpha value is -2.75. The van der Waals surface area contributed by atoms with Gasteiger partial charge < -0.3 is 10.5 Å². The lowest BCUT2D eigenvalue weighted by molar-refractivity contribution is 0.304. The fourth-order valence-corrected chi connectivity index (χ4v) is 2.14. The van der Waals surface area contributed by atoms with Gasteiger partial charge in [0.15, 0.2) is 0 Å². The van der Waals surface area contributed by atoms with Crippen LogP contribution in [-0.2, 0) is 6.61 Å². The maximum atomic E-state index is 5.93. The summed E-state index contributed by atoms with van der Waals surface area (Å²) in [6, 6.07) is 18.0. The molecule has 4 heteroatoms. The molecule has 0 aliphatic heterocycles. The summed E-state index contributed by atoms with van der Waals surface area (Å²) in [6.07, 6.45) is 0. The van der Waals surface area contributed by atoms with Crippen molar-refractivity contribution < 1.29 is 4.74 Å². The molecule has 0 fully saturated rings. The second kappa shape index (κ2) is 5.71. The first-order valence-corrected chi connectivity index (χ1v) is 6.81. The van der Waals surface area contributed by atoms with E-state index < -0.39 is 0 Å². The van der Waals surface area contributed by atoms with Gasteiger partial charge in [-0.2, -0.15) is 5.10 Å². The van der Waals surface area contributed by atoms with Crippen LogP contribution in [0.5, 0.6) is 5.75 Å². The predicted octanol–water partition coefficient (Wildman–Crippen LogP) is 3.55. The van der Waals surface area contributed by atoms with Crippen molar-refractivity contribution in [2.24, 2.45) is 0 Å². The molecular formula is C17H17N3O. The zero-order valence-corrected chi connectivity index (χ0v) is 11.8. The molecule has 4 nitrogen and oxygen atoms in total. The highest BCUT2D eigenvalue weighted by molar-refractivity contribution is 5.64. The van der Waals surface area contributed by atoms with E-state index in [2.05, 4.69) is 22.3 Å². The highest BCUT2D eigenvalue weighted by Gasteiger charge is 2.06. The molecule has 0 amide bonds.